The van der Waals surface area contributed by atoms with Crippen LogP contribution in [0.1, 0.15) is 25.0 Å². The average Bonchev–Trinajstić information content (AvgIpc) is 2.55. The molecule has 2 heterocycles. The van der Waals surface area contributed by atoms with Gasteiger partial charge in [0, 0.05) is 18.4 Å². The Morgan fingerprint density at radius 2 is 1.96 bits per heavy atom. The summed E-state index contributed by atoms with van der Waals surface area (Å²) >= 11 is 0. The van der Waals surface area contributed by atoms with Crippen LogP contribution in [0.3, 0.4) is 0 Å². The summed E-state index contributed by atoms with van der Waals surface area (Å²) in [5.74, 6) is -0.0766. The van der Waals surface area contributed by atoms with E-state index in [4.69, 9.17) is 4.74 Å². The Morgan fingerprint density at radius 1 is 1.28 bits per heavy atom. The van der Waals surface area contributed by atoms with Crippen molar-refractivity contribution in [2.24, 2.45) is 0 Å². The van der Waals surface area contributed by atoms with Crippen LogP contribution in [0, 0.1) is 13.8 Å². The molecular weight excluding hydrogens is 318 g/mol. The molecule has 1 N–H and O–H groups in total. The molecular formula is C19H21N3O3. The lowest BCUT2D eigenvalue weighted by Crippen LogP contribution is -2.60. The van der Waals surface area contributed by atoms with Crippen molar-refractivity contribution < 1.29 is 14.3 Å². The van der Waals surface area contributed by atoms with Crippen molar-refractivity contribution in [3.63, 3.8) is 0 Å². The van der Waals surface area contributed by atoms with Crippen LogP contribution >= 0.6 is 0 Å². The maximum Gasteiger partial charge on any atom is 0.282 e. The number of rotatable bonds is 3. The number of anilines is 2. The molecule has 0 spiro atoms. The molecule has 1 unspecified atom stereocenters. The highest BCUT2D eigenvalue weighted by Crippen LogP contribution is 2.36. The number of benzene rings is 1. The highest BCUT2D eigenvalue weighted by molar-refractivity contribution is 6.19. The van der Waals surface area contributed by atoms with Gasteiger partial charge in [0.05, 0.1) is 0 Å². The van der Waals surface area contributed by atoms with Crippen molar-refractivity contribution in [2.45, 2.75) is 33.3 Å². The van der Waals surface area contributed by atoms with E-state index < -0.39 is 17.4 Å². The van der Waals surface area contributed by atoms with Crippen molar-refractivity contribution in [3.8, 4) is 5.75 Å². The number of carbonyl (C=O) groups excluding carboxylic acids is 2. The largest absolute Gasteiger partial charge is 0.464 e. The molecule has 1 aromatic carbocycles. The van der Waals surface area contributed by atoms with Gasteiger partial charge in [-0.1, -0.05) is 6.07 Å². The van der Waals surface area contributed by atoms with Gasteiger partial charge in [0.15, 0.2) is 11.6 Å². The summed E-state index contributed by atoms with van der Waals surface area (Å²) in [6.45, 7) is 7.63. The van der Waals surface area contributed by atoms with E-state index in [1.807, 2.05) is 39.0 Å². The van der Waals surface area contributed by atoms with E-state index in [9.17, 15) is 9.59 Å². The molecule has 0 bridgehead atoms. The van der Waals surface area contributed by atoms with Crippen LogP contribution in [0.15, 0.2) is 36.5 Å². The number of nitrogens with zero attached hydrogens (tertiary/aromatic N) is 2. The van der Waals surface area contributed by atoms with Crippen molar-refractivity contribution in [1.29, 1.82) is 0 Å². The van der Waals surface area contributed by atoms with E-state index in [2.05, 4.69) is 10.3 Å². The number of fused-ring (bicyclic) bond motifs is 1. The Balaban J connectivity index is 1.95. The van der Waals surface area contributed by atoms with Crippen LogP contribution in [-0.2, 0) is 9.59 Å². The SMILES string of the molecule is CCN1C(=O)C(C)(C(=O)Nc2cc(C)cc(C)c2)Oc2cccnc21. The van der Waals surface area contributed by atoms with Gasteiger partial charge in [0.1, 0.15) is 0 Å². The second kappa shape index (κ2) is 6.20. The molecule has 0 saturated heterocycles. The maximum atomic E-state index is 12.9. The Morgan fingerprint density at radius 3 is 2.60 bits per heavy atom. The van der Waals surface area contributed by atoms with Crippen molar-refractivity contribution in [2.75, 3.05) is 16.8 Å². The Labute approximate surface area is 146 Å². The monoisotopic (exact) mass is 339 g/mol. The Bertz CT molecular complexity index is 829. The molecule has 3 rings (SSSR count). The number of ether oxygens (including phenoxy) is 1. The lowest BCUT2D eigenvalue weighted by atomic mass is 10.0. The molecule has 2 aromatic rings. The highest BCUT2D eigenvalue weighted by Gasteiger charge is 2.50. The molecule has 0 saturated carbocycles. The first kappa shape index (κ1) is 17.0. The van der Waals surface area contributed by atoms with Crippen LogP contribution in [0.25, 0.3) is 0 Å². The molecule has 1 atom stereocenters. The van der Waals surface area contributed by atoms with Crippen molar-refractivity contribution in [1.82, 2.24) is 4.98 Å². The maximum absolute atomic E-state index is 12.9. The quantitative estimate of drug-likeness (QED) is 0.873. The van der Waals surface area contributed by atoms with Gasteiger partial charge in [0.25, 0.3) is 17.4 Å². The van der Waals surface area contributed by atoms with Gasteiger partial charge in [-0.25, -0.2) is 4.98 Å². The van der Waals surface area contributed by atoms with E-state index in [1.165, 1.54) is 11.8 Å². The summed E-state index contributed by atoms with van der Waals surface area (Å²) in [6.07, 6.45) is 1.59. The topological polar surface area (TPSA) is 71.5 Å². The first-order valence-corrected chi connectivity index (χ1v) is 8.21. The summed E-state index contributed by atoms with van der Waals surface area (Å²) in [5, 5.41) is 2.81. The van der Waals surface area contributed by atoms with Crippen LogP contribution in [0.4, 0.5) is 11.5 Å². The van der Waals surface area contributed by atoms with Crippen molar-refractivity contribution in [3.05, 3.63) is 47.7 Å². The molecule has 25 heavy (non-hydrogen) atoms. The number of nitrogens with one attached hydrogen (secondary N) is 1. The summed E-state index contributed by atoms with van der Waals surface area (Å²) in [7, 11) is 0. The minimum absolute atomic E-state index is 0.401. The summed E-state index contributed by atoms with van der Waals surface area (Å²) in [4.78, 5) is 31.5. The van der Waals surface area contributed by atoms with Crippen LogP contribution in [0.2, 0.25) is 0 Å². The Kier molecular flexibility index (Phi) is 4.20. The lowest BCUT2D eigenvalue weighted by molar-refractivity contribution is -0.145. The standard InChI is InChI=1S/C19H21N3O3/c1-5-22-16-15(7-6-8-20-16)25-19(4,18(22)24)17(23)21-14-10-12(2)9-13(3)11-14/h6-11H,5H2,1-4H3,(H,21,23). The van der Waals surface area contributed by atoms with Gasteiger partial charge < -0.3 is 10.1 Å². The van der Waals surface area contributed by atoms with E-state index in [0.717, 1.165) is 11.1 Å². The third kappa shape index (κ3) is 2.95. The van der Waals surface area contributed by atoms with E-state index in [0.29, 0.717) is 23.8 Å². The molecule has 6 nitrogen and oxygen atoms in total. The predicted octanol–water partition coefficient (Wildman–Crippen LogP) is 2.84. The molecule has 2 amide bonds. The van der Waals surface area contributed by atoms with Gasteiger partial charge in [0.2, 0.25) is 0 Å². The number of pyridine rings is 1. The molecule has 130 valence electrons. The number of aryl methyl sites for hydroxylation is 2. The summed E-state index contributed by atoms with van der Waals surface area (Å²) in [5.41, 5.74) is 1.05. The predicted molar refractivity (Wildman–Crippen MR) is 95.8 cm³/mol. The highest BCUT2D eigenvalue weighted by atomic mass is 16.5. The lowest BCUT2D eigenvalue weighted by Gasteiger charge is -2.38. The van der Waals surface area contributed by atoms with Gasteiger partial charge in [-0.2, -0.15) is 0 Å². The summed E-state index contributed by atoms with van der Waals surface area (Å²) < 4.78 is 5.79. The first-order valence-electron chi connectivity index (χ1n) is 8.21. The zero-order valence-corrected chi connectivity index (χ0v) is 14.8. The zero-order chi connectivity index (χ0) is 18.2. The van der Waals surface area contributed by atoms with Gasteiger partial charge in [-0.05, 0) is 63.1 Å². The number of carbonyl (C=O) groups is 2. The fourth-order valence-corrected chi connectivity index (χ4v) is 3.02. The fourth-order valence-electron chi connectivity index (χ4n) is 3.02. The number of aromatic nitrogens is 1. The number of hydrogen-bond donors (Lipinski definition) is 1. The minimum Gasteiger partial charge on any atom is -0.464 e. The minimum atomic E-state index is -1.65. The van der Waals surface area contributed by atoms with Gasteiger partial charge in [-0.3, -0.25) is 14.5 Å². The summed E-state index contributed by atoms with van der Waals surface area (Å²) in [6, 6.07) is 9.15. The van der Waals surface area contributed by atoms with E-state index in [1.54, 1.807) is 18.3 Å². The third-order valence-electron chi connectivity index (χ3n) is 4.20. The normalized spacial score (nSPS) is 19.2. The second-order valence-corrected chi connectivity index (χ2v) is 6.34. The molecule has 0 aliphatic carbocycles. The smallest absolute Gasteiger partial charge is 0.282 e. The number of amides is 2. The molecule has 1 aliphatic heterocycles. The molecule has 1 aromatic heterocycles. The van der Waals surface area contributed by atoms with Crippen LogP contribution < -0.4 is 15.0 Å². The molecule has 0 radical (unpaired) electrons. The Hall–Kier alpha value is -2.89. The third-order valence-corrected chi connectivity index (χ3v) is 4.20. The van der Waals surface area contributed by atoms with Crippen LogP contribution in [-0.4, -0.2) is 28.9 Å². The molecule has 6 heteroatoms. The van der Waals surface area contributed by atoms with Crippen LogP contribution in [0.5, 0.6) is 5.75 Å². The first-order chi connectivity index (χ1) is 11.8. The van der Waals surface area contributed by atoms with Gasteiger partial charge in [-0.15, -0.1) is 0 Å². The number of likely N-dealkylation sites (N-methyl/N-ethyl adjacent to an activating group) is 1. The fraction of sp³-hybridized carbons (Fsp3) is 0.316. The molecule has 1 aliphatic rings. The second-order valence-electron chi connectivity index (χ2n) is 6.34. The van der Waals surface area contributed by atoms with E-state index >= 15 is 0 Å². The average molecular weight is 339 g/mol. The molecule has 0 fully saturated rings. The number of hydrogen-bond acceptors (Lipinski definition) is 4. The van der Waals surface area contributed by atoms with E-state index in [-0.39, 0.29) is 0 Å². The van der Waals surface area contributed by atoms with Crippen molar-refractivity contribution >= 4 is 23.3 Å². The zero-order valence-electron chi connectivity index (χ0n) is 14.8. The van der Waals surface area contributed by atoms with Gasteiger partial charge >= 0.3 is 0 Å².